The molecule has 1 aromatic carbocycles. The number of esters is 1. The molecular weight excluding hydrogens is 465 g/mol. The van der Waals surface area contributed by atoms with Crippen molar-refractivity contribution in [1.82, 2.24) is 9.55 Å². The fourth-order valence-electron chi connectivity index (χ4n) is 3.85. The first-order valence-electron chi connectivity index (χ1n) is 10.9. The number of anilines is 2. The van der Waals surface area contributed by atoms with Crippen molar-refractivity contribution >= 4 is 34.3 Å². The quantitative estimate of drug-likeness (QED) is 0.418. The van der Waals surface area contributed by atoms with E-state index in [1.54, 1.807) is 17.7 Å². The number of carbonyl (C=O) groups excluding carboxylic acids is 2. The molecule has 1 amide bonds. The number of hydrogen-bond acceptors (Lipinski definition) is 6. The van der Waals surface area contributed by atoms with Crippen LogP contribution in [0.3, 0.4) is 0 Å². The highest BCUT2D eigenvalue weighted by molar-refractivity contribution is 6.10. The van der Waals surface area contributed by atoms with Gasteiger partial charge in [-0.05, 0) is 37.1 Å². The van der Waals surface area contributed by atoms with Crippen molar-refractivity contribution < 1.29 is 32.2 Å². The second-order valence-electron chi connectivity index (χ2n) is 8.11. The van der Waals surface area contributed by atoms with E-state index in [4.69, 9.17) is 9.47 Å². The number of alkyl halides is 3. The van der Waals surface area contributed by atoms with Gasteiger partial charge in [0.1, 0.15) is 11.4 Å². The number of halogens is 3. The topological polar surface area (TPSA) is 94.5 Å². The Bertz CT molecular complexity index is 1210. The molecule has 0 saturated carbocycles. The summed E-state index contributed by atoms with van der Waals surface area (Å²) >= 11 is 0. The van der Waals surface area contributed by atoms with Crippen molar-refractivity contribution in [2.24, 2.45) is 0 Å². The van der Waals surface area contributed by atoms with E-state index < -0.39 is 30.5 Å². The minimum absolute atomic E-state index is 0.0965. The van der Waals surface area contributed by atoms with Crippen molar-refractivity contribution in [2.45, 2.75) is 45.5 Å². The lowest BCUT2D eigenvalue weighted by Crippen LogP contribution is -2.23. The van der Waals surface area contributed by atoms with E-state index in [1.807, 2.05) is 24.3 Å². The van der Waals surface area contributed by atoms with Crippen LogP contribution in [0.4, 0.5) is 24.5 Å². The molecule has 11 heteroatoms. The molecule has 3 rings (SSSR count). The second-order valence-corrected chi connectivity index (χ2v) is 8.11. The lowest BCUT2D eigenvalue weighted by Gasteiger charge is -2.17. The Hall–Kier alpha value is -3.76. The summed E-state index contributed by atoms with van der Waals surface area (Å²) in [7, 11) is 2.80. The summed E-state index contributed by atoms with van der Waals surface area (Å²) in [4.78, 5) is 29.1. The van der Waals surface area contributed by atoms with Crippen LogP contribution in [-0.2, 0) is 22.5 Å². The Balaban J connectivity index is 2.04. The van der Waals surface area contributed by atoms with Crippen molar-refractivity contribution in [1.29, 1.82) is 0 Å². The maximum absolute atomic E-state index is 12.8. The molecule has 1 unspecified atom stereocenters. The summed E-state index contributed by atoms with van der Waals surface area (Å²) in [5.41, 5.74) is 1.97. The zero-order valence-corrected chi connectivity index (χ0v) is 19.8. The molecule has 0 aliphatic heterocycles. The van der Waals surface area contributed by atoms with E-state index in [0.717, 1.165) is 5.56 Å². The van der Waals surface area contributed by atoms with Crippen LogP contribution in [0.15, 0.2) is 36.5 Å². The predicted octanol–water partition coefficient (Wildman–Crippen LogP) is 4.79. The number of ether oxygens (including phenoxy) is 2. The highest BCUT2D eigenvalue weighted by Crippen LogP contribution is 2.33. The highest BCUT2D eigenvalue weighted by atomic mass is 19.4. The number of benzene rings is 1. The molecule has 0 fully saturated rings. The molecule has 8 nitrogen and oxygen atoms in total. The number of rotatable bonds is 9. The van der Waals surface area contributed by atoms with Gasteiger partial charge in [0.25, 0.3) is 0 Å². The summed E-state index contributed by atoms with van der Waals surface area (Å²) < 4.78 is 50.0. The standard InChI is InChI=1S/C24H27F3N4O4/c1-14(12-24(25,26)27)29-17-11-19-20(30-15(2)32)21(23(33)35-4)31(22(19)28-13-17)10-9-16-5-7-18(34-3)8-6-16/h5-8,11,13-14,29H,9-10,12H2,1-4H3,(H,30,32). The number of nitrogens with zero attached hydrogens (tertiary/aromatic N) is 2. The molecule has 2 N–H and O–H groups in total. The van der Waals surface area contributed by atoms with Crippen LogP contribution in [0.5, 0.6) is 5.75 Å². The van der Waals surface area contributed by atoms with Gasteiger partial charge >= 0.3 is 12.1 Å². The number of methoxy groups -OCH3 is 2. The van der Waals surface area contributed by atoms with Gasteiger partial charge in [-0.3, -0.25) is 4.79 Å². The van der Waals surface area contributed by atoms with Gasteiger partial charge in [0.15, 0.2) is 5.69 Å². The molecule has 2 aromatic heterocycles. The highest BCUT2D eigenvalue weighted by Gasteiger charge is 2.30. The Labute approximate surface area is 200 Å². The monoisotopic (exact) mass is 492 g/mol. The van der Waals surface area contributed by atoms with Crippen LogP contribution in [0.2, 0.25) is 0 Å². The van der Waals surface area contributed by atoms with E-state index in [9.17, 15) is 22.8 Å². The normalized spacial score (nSPS) is 12.3. The van der Waals surface area contributed by atoms with Crippen LogP contribution >= 0.6 is 0 Å². The Kier molecular flexibility index (Phi) is 7.88. The molecule has 2 heterocycles. The Morgan fingerprint density at radius 3 is 2.43 bits per heavy atom. The first-order chi connectivity index (χ1) is 16.5. The molecule has 0 aliphatic carbocycles. The molecule has 3 aromatic rings. The predicted molar refractivity (Wildman–Crippen MR) is 126 cm³/mol. The summed E-state index contributed by atoms with van der Waals surface area (Å²) in [6.45, 7) is 3.03. The van der Waals surface area contributed by atoms with E-state index in [0.29, 0.717) is 35.4 Å². The van der Waals surface area contributed by atoms with Crippen molar-refractivity contribution in [2.75, 3.05) is 24.9 Å². The minimum atomic E-state index is -4.33. The lowest BCUT2D eigenvalue weighted by molar-refractivity contribution is -0.136. The molecule has 1 atom stereocenters. The first kappa shape index (κ1) is 25.9. The number of fused-ring (bicyclic) bond motifs is 1. The van der Waals surface area contributed by atoms with Crippen molar-refractivity contribution in [3.63, 3.8) is 0 Å². The van der Waals surface area contributed by atoms with Crippen molar-refractivity contribution in [3.8, 4) is 5.75 Å². The number of carbonyl (C=O) groups is 2. The van der Waals surface area contributed by atoms with Crippen LogP contribution in [-0.4, -0.2) is 47.9 Å². The molecule has 35 heavy (non-hydrogen) atoms. The van der Waals surface area contributed by atoms with Gasteiger partial charge in [-0.25, -0.2) is 9.78 Å². The van der Waals surface area contributed by atoms with E-state index in [1.165, 1.54) is 27.2 Å². The van der Waals surface area contributed by atoms with Gasteiger partial charge in [0.2, 0.25) is 5.91 Å². The summed E-state index contributed by atoms with van der Waals surface area (Å²) in [6, 6.07) is 8.10. The number of aryl methyl sites for hydroxylation is 2. The zero-order valence-electron chi connectivity index (χ0n) is 19.8. The number of aromatic nitrogens is 2. The number of amides is 1. The Morgan fingerprint density at radius 1 is 1.17 bits per heavy atom. The van der Waals surface area contributed by atoms with E-state index >= 15 is 0 Å². The molecule has 0 aliphatic rings. The molecule has 188 valence electrons. The largest absolute Gasteiger partial charge is 0.497 e. The fourth-order valence-corrected chi connectivity index (χ4v) is 3.85. The van der Waals surface area contributed by atoms with Gasteiger partial charge in [0.05, 0.1) is 38.2 Å². The number of pyridine rings is 1. The lowest BCUT2D eigenvalue weighted by atomic mass is 10.1. The summed E-state index contributed by atoms with van der Waals surface area (Å²) in [5, 5.41) is 5.84. The average Bonchev–Trinajstić information content (AvgIpc) is 3.08. The zero-order chi connectivity index (χ0) is 25.8. The third-order valence-corrected chi connectivity index (χ3v) is 5.31. The number of hydrogen-bond donors (Lipinski definition) is 2. The maximum Gasteiger partial charge on any atom is 0.391 e. The van der Waals surface area contributed by atoms with Crippen LogP contribution in [0, 0.1) is 0 Å². The van der Waals surface area contributed by atoms with Gasteiger partial charge in [-0.15, -0.1) is 0 Å². The van der Waals surface area contributed by atoms with E-state index in [-0.39, 0.29) is 11.4 Å². The first-order valence-corrected chi connectivity index (χ1v) is 10.9. The molecule has 0 spiro atoms. The SMILES string of the molecule is COC(=O)c1c(NC(C)=O)c2cc(NC(C)CC(F)(F)F)cnc2n1CCc1ccc(OC)cc1. The third kappa shape index (κ3) is 6.43. The molecular formula is C24H27F3N4O4. The maximum atomic E-state index is 12.8. The van der Waals surface area contributed by atoms with Crippen molar-refractivity contribution in [3.05, 3.63) is 47.8 Å². The fraction of sp³-hybridized carbons (Fsp3) is 0.375. The van der Waals surface area contributed by atoms with Gasteiger partial charge in [-0.2, -0.15) is 13.2 Å². The van der Waals surface area contributed by atoms with Gasteiger partial charge in [-0.1, -0.05) is 12.1 Å². The second kappa shape index (κ2) is 10.7. The summed E-state index contributed by atoms with van der Waals surface area (Å²) in [5.74, 6) is -0.389. The average molecular weight is 492 g/mol. The smallest absolute Gasteiger partial charge is 0.391 e. The van der Waals surface area contributed by atoms with Crippen LogP contribution in [0.1, 0.15) is 36.3 Å². The molecule has 0 saturated heterocycles. The van der Waals surface area contributed by atoms with Gasteiger partial charge in [0, 0.05) is 24.9 Å². The van der Waals surface area contributed by atoms with Gasteiger partial charge < -0.3 is 24.7 Å². The molecule has 0 radical (unpaired) electrons. The molecule has 0 bridgehead atoms. The minimum Gasteiger partial charge on any atom is -0.497 e. The third-order valence-electron chi connectivity index (χ3n) is 5.31. The van der Waals surface area contributed by atoms with E-state index in [2.05, 4.69) is 15.6 Å². The van der Waals surface area contributed by atoms with Crippen LogP contribution < -0.4 is 15.4 Å². The summed E-state index contributed by atoms with van der Waals surface area (Å²) in [6.07, 6.45) is -3.42. The number of nitrogens with one attached hydrogen (secondary N) is 2. The Morgan fingerprint density at radius 2 is 1.86 bits per heavy atom. The van der Waals surface area contributed by atoms with Crippen LogP contribution in [0.25, 0.3) is 11.0 Å².